The van der Waals surface area contributed by atoms with Crippen LogP contribution in [-0.2, 0) is 4.79 Å². The Labute approximate surface area is 140 Å². The Morgan fingerprint density at radius 3 is 3.12 bits per heavy atom. The minimum absolute atomic E-state index is 0.178. The number of nitrogens with zero attached hydrogens (tertiary/aromatic N) is 4. The Bertz CT molecular complexity index is 690. The third-order valence-corrected chi connectivity index (χ3v) is 4.71. The van der Waals surface area contributed by atoms with E-state index >= 15 is 0 Å². The molecule has 0 spiro atoms. The Hall–Kier alpha value is -2.62. The zero-order valence-electron chi connectivity index (χ0n) is 13.6. The van der Waals surface area contributed by atoms with Gasteiger partial charge in [0.1, 0.15) is 12.0 Å². The standard InChI is InChI=1S/C17H20FN5O/c1-3-16(24)23-9-15(13(18)8-11(23)2)21-17-12-4-6-20-14(12)5-7-22(17)10-19/h3-4,6,11,13,15,21H,1,5,7-9H2,2H3/t11-,13-,15-/m1/s1. The van der Waals surface area contributed by atoms with Gasteiger partial charge in [0.15, 0.2) is 6.19 Å². The third-order valence-electron chi connectivity index (χ3n) is 4.71. The maximum Gasteiger partial charge on any atom is 0.246 e. The predicted octanol–water partition coefficient (Wildman–Crippen LogP) is 1.46. The van der Waals surface area contributed by atoms with E-state index in [1.807, 2.05) is 13.0 Å². The Morgan fingerprint density at radius 2 is 2.42 bits per heavy atom. The summed E-state index contributed by atoms with van der Waals surface area (Å²) in [5.74, 6) is 0.368. The third kappa shape index (κ3) is 2.80. The number of halogens is 1. The van der Waals surface area contributed by atoms with Gasteiger partial charge in [-0.05, 0) is 19.1 Å². The molecule has 0 aromatic carbocycles. The van der Waals surface area contributed by atoms with Gasteiger partial charge in [-0.15, -0.1) is 0 Å². The topological polar surface area (TPSA) is 71.7 Å². The molecule has 3 atom stereocenters. The average molecular weight is 329 g/mol. The van der Waals surface area contributed by atoms with Crippen LogP contribution in [0.15, 0.2) is 41.3 Å². The first-order valence-corrected chi connectivity index (χ1v) is 8.04. The number of nitriles is 1. The molecular weight excluding hydrogens is 309 g/mol. The number of carbonyl (C=O) groups excluding carboxylic acids is 1. The number of aliphatic imine (C=N–C) groups is 1. The highest BCUT2D eigenvalue weighted by Crippen LogP contribution is 2.26. The fourth-order valence-electron chi connectivity index (χ4n) is 3.37. The van der Waals surface area contributed by atoms with Crippen LogP contribution in [0.4, 0.5) is 4.39 Å². The zero-order valence-corrected chi connectivity index (χ0v) is 13.6. The van der Waals surface area contributed by atoms with Gasteiger partial charge in [-0.25, -0.2) is 4.39 Å². The molecule has 0 saturated carbocycles. The molecule has 3 aliphatic heterocycles. The van der Waals surface area contributed by atoms with Gasteiger partial charge in [0.25, 0.3) is 0 Å². The monoisotopic (exact) mass is 329 g/mol. The molecule has 24 heavy (non-hydrogen) atoms. The van der Waals surface area contributed by atoms with E-state index in [0.717, 1.165) is 11.3 Å². The summed E-state index contributed by atoms with van der Waals surface area (Å²) in [6.45, 7) is 6.09. The molecular formula is C17H20FN5O. The smallest absolute Gasteiger partial charge is 0.246 e. The average Bonchev–Trinajstić information content (AvgIpc) is 3.05. The van der Waals surface area contributed by atoms with Crippen LogP contribution in [0.1, 0.15) is 19.8 Å². The summed E-state index contributed by atoms with van der Waals surface area (Å²) in [7, 11) is 0. The molecule has 0 aromatic heterocycles. The second kappa shape index (κ2) is 6.48. The molecule has 0 unspecified atom stereocenters. The van der Waals surface area contributed by atoms with Crippen molar-refractivity contribution in [2.75, 3.05) is 13.1 Å². The number of hydrogen-bond donors (Lipinski definition) is 1. The highest BCUT2D eigenvalue weighted by molar-refractivity contribution is 6.06. The van der Waals surface area contributed by atoms with Crippen LogP contribution in [-0.4, -0.2) is 52.8 Å². The van der Waals surface area contributed by atoms with Crippen molar-refractivity contribution < 1.29 is 9.18 Å². The van der Waals surface area contributed by atoms with E-state index in [1.54, 1.807) is 11.1 Å². The number of nitrogens with one attached hydrogen (secondary N) is 1. The van der Waals surface area contributed by atoms with Crippen LogP contribution in [0.2, 0.25) is 0 Å². The van der Waals surface area contributed by atoms with E-state index in [9.17, 15) is 14.4 Å². The SMILES string of the molecule is C=CC(=O)N1C[C@@H](NC2=C3C=CN=C3CCN2C#N)[C@H](F)C[C@H]1C. The fourth-order valence-corrected chi connectivity index (χ4v) is 3.37. The zero-order chi connectivity index (χ0) is 17.3. The molecule has 0 radical (unpaired) electrons. The Kier molecular flexibility index (Phi) is 4.38. The molecule has 1 amide bonds. The molecule has 1 saturated heterocycles. The number of hydrogen-bond acceptors (Lipinski definition) is 5. The lowest BCUT2D eigenvalue weighted by atomic mass is 9.96. The maximum atomic E-state index is 14.6. The molecule has 7 heteroatoms. The number of alkyl halides is 1. The van der Waals surface area contributed by atoms with Gasteiger partial charge >= 0.3 is 0 Å². The first-order valence-electron chi connectivity index (χ1n) is 8.04. The summed E-state index contributed by atoms with van der Waals surface area (Å²) in [6, 6.07) is -0.750. The number of rotatable bonds is 3. The first kappa shape index (κ1) is 16.2. The number of amides is 1. The van der Waals surface area contributed by atoms with Crippen molar-refractivity contribution >= 4 is 11.6 Å². The van der Waals surface area contributed by atoms with Crippen molar-refractivity contribution in [2.24, 2.45) is 4.99 Å². The summed E-state index contributed by atoms with van der Waals surface area (Å²) in [6.07, 6.45) is 6.73. The van der Waals surface area contributed by atoms with E-state index < -0.39 is 12.2 Å². The number of piperidine rings is 1. The van der Waals surface area contributed by atoms with Gasteiger partial charge in [-0.3, -0.25) is 14.7 Å². The van der Waals surface area contributed by atoms with E-state index in [0.29, 0.717) is 18.8 Å². The van der Waals surface area contributed by atoms with Crippen molar-refractivity contribution in [1.82, 2.24) is 15.1 Å². The summed E-state index contributed by atoms with van der Waals surface area (Å²) >= 11 is 0. The molecule has 1 fully saturated rings. The van der Waals surface area contributed by atoms with Crippen LogP contribution in [0, 0.1) is 11.5 Å². The maximum absolute atomic E-state index is 14.6. The highest BCUT2D eigenvalue weighted by atomic mass is 19.1. The van der Waals surface area contributed by atoms with Crippen molar-refractivity contribution in [3.8, 4) is 6.19 Å². The van der Waals surface area contributed by atoms with E-state index in [2.05, 4.69) is 23.1 Å². The van der Waals surface area contributed by atoms with Crippen LogP contribution >= 0.6 is 0 Å². The van der Waals surface area contributed by atoms with Crippen molar-refractivity contribution in [1.29, 1.82) is 5.26 Å². The van der Waals surface area contributed by atoms with Crippen LogP contribution in [0.25, 0.3) is 0 Å². The highest BCUT2D eigenvalue weighted by Gasteiger charge is 2.37. The van der Waals surface area contributed by atoms with Crippen molar-refractivity contribution in [2.45, 2.75) is 38.0 Å². The van der Waals surface area contributed by atoms with E-state index in [1.165, 1.54) is 11.0 Å². The Balaban J connectivity index is 1.84. The molecule has 1 N–H and O–H groups in total. The van der Waals surface area contributed by atoms with Gasteiger partial charge < -0.3 is 10.2 Å². The molecule has 3 rings (SSSR count). The molecule has 3 aliphatic rings. The number of likely N-dealkylation sites (tertiary alicyclic amines) is 1. The summed E-state index contributed by atoms with van der Waals surface area (Å²) in [5.41, 5.74) is 1.73. The van der Waals surface area contributed by atoms with E-state index in [4.69, 9.17) is 0 Å². The molecule has 6 nitrogen and oxygen atoms in total. The van der Waals surface area contributed by atoms with Gasteiger partial charge in [0.2, 0.25) is 5.91 Å². The quantitative estimate of drug-likeness (QED) is 0.628. The normalized spacial score (nSPS) is 29.0. The largest absolute Gasteiger partial charge is 0.363 e. The van der Waals surface area contributed by atoms with Crippen LogP contribution in [0.3, 0.4) is 0 Å². The summed E-state index contributed by atoms with van der Waals surface area (Å²) < 4.78 is 14.6. The molecule has 0 aliphatic carbocycles. The summed E-state index contributed by atoms with van der Waals surface area (Å²) in [5, 5.41) is 12.5. The number of fused-ring (bicyclic) bond motifs is 1. The Morgan fingerprint density at radius 1 is 1.62 bits per heavy atom. The molecule has 126 valence electrons. The minimum atomic E-state index is -1.10. The number of allylic oxidation sites excluding steroid dienone is 2. The van der Waals surface area contributed by atoms with Gasteiger partial charge in [-0.2, -0.15) is 5.26 Å². The lowest BCUT2D eigenvalue weighted by Crippen LogP contribution is -2.58. The lowest BCUT2D eigenvalue weighted by Gasteiger charge is -2.41. The van der Waals surface area contributed by atoms with Crippen LogP contribution in [0.5, 0.6) is 0 Å². The minimum Gasteiger partial charge on any atom is -0.363 e. The van der Waals surface area contributed by atoms with Gasteiger partial charge in [0.05, 0.1) is 11.8 Å². The predicted molar refractivity (Wildman–Crippen MR) is 88.3 cm³/mol. The van der Waals surface area contributed by atoms with Crippen LogP contribution < -0.4 is 5.32 Å². The first-order chi connectivity index (χ1) is 11.5. The molecule has 0 aromatic rings. The lowest BCUT2D eigenvalue weighted by molar-refractivity contribution is -0.130. The number of carbonyl (C=O) groups is 1. The summed E-state index contributed by atoms with van der Waals surface area (Å²) in [4.78, 5) is 19.4. The second-order valence-corrected chi connectivity index (χ2v) is 6.20. The van der Waals surface area contributed by atoms with Gasteiger partial charge in [-0.1, -0.05) is 6.58 Å². The van der Waals surface area contributed by atoms with E-state index in [-0.39, 0.29) is 24.9 Å². The van der Waals surface area contributed by atoms with Crippen molar-refractivity contribution in [3.63, 3.8) is 0 Å². The van der Waals surface area contributed by atoms with Crippen molar-refractivity contribution in [3.05, 3.63) is 36.3 Å². The fraction of sp³-hybridized carbons (Fsp3) is 0.471. The van der Waals surface area contributed by atoms with Gasteiger partial charge in [0, 0.05) is 43.7 Å². The molecule has 0 bridgehead atoms. The molecule has 3 heterocycles. The second-order valence-electron chi connectivity index (χ2n) is 6.20.